The monoisotopic (exact) mass is 321 g/mol. The lowest BCUT2D eigenvalue weighted by Crippen LogP contribution is -2.26. The van der Waals surface area contributed by atoms with Crippen molar-refractivity contribution in [2.24, 2.45) is 0 Å². The van der Waals surface area contributed by atoms with Crippen LogP contribution in [0.1, 0.15) is 0 Å². The Morgan fingerprint density at radius 2 is 1.94 bits per heavy atom. The van der Waals surface area contributed by atoms with Crippen LogP contribution in [0.5, 0.6) is 0 Å². The van der Waals surface area contributed by atoms with Crippen molar-refractivity contribution in [2.75, 3.05) is 11.4 Å². The van der Waals surface area contributed by atoms with Gasteiger partial charge in [-0.2, -0.15) is 0 Å². The van der Waals surface area contributed by atoms with Crippen LogP contribution in [-0.4, -0.2) is 15.5 Å². The number of hydrogen-bond acceptors (Lipinski definition) is 3. The highest BCUT2D eigenvalue weighted by Crippen LogP contribution is 2.32. The quantitative estimate of drug-likeness (QED) is 0.860. The lowest BCUT2D eigenvalue weighted by Gasteiger charge is -2.19. The maximum absolute atomic E-state index is 12.3. The number of thiophene rings is 1. The standard InChI is InChI=1S/C11H9Cl2NO2S2/c1-14(10-7-8(12)4-5-9(10)13)18(15,16)11-3-2-6-17-11/h2-7H,1H3. The van der Waals surface area contributed by atoms with E-state index in [-0.39, 0.29) is 4.21 Å². The molecule has 1 aromatic heterocycles. The van der Waals surface area contributed by atoms with Crippen molar-refractivity contribution in [1.82, 2.24) is 0 Å². The minimum atomic E-state index is -3.58. The molecule has 3 nitrogen and oxygen atoms in total. The Labute approximate surface area is 120 Å². The van der Waals surface area contributed by atoms with E-state index in [4.69, 9.17) is 23.2 Å². The molecule has 0 atom stereocenters. The zero-order chi connectivity index (χ0) is 13.3. The van der Waals surface area contributed by atoms with Crippen molar-refractivity contribution < 1.29 is 8.42 Å². The van der Waals surface area contributed by atoms with Crippen LogP contribution in [0, 0.1) is 0 Å². The summed E-state index contributed by atoms with van der Waals surface area (Å²) in [4.78, 5) is 0. The van der Waals surface area contributed by atoms with Gasteiger partial charge in [-0.15, -0.1) is 11.3 Å². The number of benzene rings is 1. The van der Waals surface area contributed by atoms with Crippen LogP contribution < -0.4 is 4.31 Å². The van der Waals surface area contributed by atoms with E-state index in [1.807, 2.05) is 0 Å². The van der Waals surface area contributed by atoms with Crippen LogP contribution in [0.15, 0.2) is 39.9 Å². The van der Waals surface area contributed by atoms with Crippen molar-refractivity contribution in [2.45, 2.75) is 4.21 Å². The first-order valence-corrected chi connectivity index (χ1v) is 7.98. The first kappa shape index (κ1) is 13.7. The summed E-state index contributed by atoms with van der Waals surface area (Å²) in [6.07, 6.45) is 0. The Hall–Kier alpha value is -0.750. The average Bonchev–Trinajstić information content (AvgIpc) is 2.85. The summed E-state index contributed by atoms with van der Waals surface area (Å²) in [5, 5.41) is 2.48. The third-order valence-electron chi connectivity index (χ3n) is 2.36. The fourth-order valence-corrected chi connectivity index (χ4v) is 4.23. The molecule has 0 saturated heterocycles. The predicted molar refractivity (Wildman–Crippen MR) is 76.4 cm³/mol. The fraction of sp³-hybridized carbons (Fsp3) is 0.0909. The molecule has 96 valence electrons. The van der Waals surface area contributed by atoms with Gasteiger partial charge >= 0.3 is 0 Å². The highest BCUT2D eigenvalue weighted by molar-refractivity contribution is 7.94. The van der Waals surface area contributed by atoms with Gasteiger partial charge in [0.1, 0.15) is 4.21 Å². The van der Waals surface area contributed by atoms with E-state index < -0.39 is 10.0 Å². The molecule has 0 bridgehead atoms. The van der Waals surface area contributed by atoms with Crippen LogP contribution in [-0.2, 0) is 10.0 Å². The summed E-state index contributed by atoms with van der Waals surface area (Å²) in [6, 6.07) is 7.94. The highest BCUT2D eigenvalue weighted by Gasteiger charge is 2.23. The molecule has 0 saturated carbocycles. The Balaban J connectivity index is 2.49. The van der Waals surface area contributed by atoms with Gasteiger partial charge in [-0.25, -0.2) is 8.42 Å². The summed E-state index contributed by atoms with van der Waals surface area (Å²) in [7, 11) is -2.13. The molecular formula is C11H9Cl2NO2S2. The van der Waals surface area contributed by atoms with E-state index in [0.717, 1.165) is 15.6 Å². The molecule has 0 N–H and O–H groups in total. The first-order valence-electron chi connectivity index (χ1n) is 4.90. The van der Waals surface area contributed by atoms with Gasteiger partial charge in [0.05, 0.1) is 10.7 Å². The lowest BCUT2D eigenvalue weighted by atomic mass is 10.3. The smallest absolute Gasteiger partial charge is 0.267 e. The van der Waals surface area contributed by atoms with Crippen molar-refractivity contribution in [3.63, 3.8) is 0 Å². The molecule has 0 unspecified atom stereocenters. The zero-order valence-corrected chi connectivity index (χ0v) is 12.4. The van der Waals surface area contributed by atoms with Gasteiger partial charge in [-0.1, -0.05) is 29.3 Å². The molecule has 2 rings (SSSR count). The molecule has 0 radical (unpaired) electrons. The van der Waals surface area contributed by atoms with Crippen molar-refractivity contribution in [3.8, 4) is 0 Å². The molecular weight excluding hydrogens is 313 g/mol. The van der Waals surface area contributed by atoms with E-state index in [0.29, 0.717) is 15.7 Å². The SMILES string of the molecule is CN(c1cc(Cl)ccc1Cl)S(=O)(=O)c1cccs1. The summed E-state index contributed by atoms with van der Waals surface area (Å²) in [5.74, 6) is 0. The van der Waals surface area contributed by atoms with E-state index >= 15 is 0 Å². The Morgan fingerprint density at radius 1 is 1.22 bits per heavy atom. The van der Waals surface area contributed by atoms with Crippen LogP contribution in [0.4, 0.5) is 5.69 Å². The largest absolute Gasteiger partial charge is 0.273 e. The number of hydrogen-bond donors (Lipinski definition) is 0. The number of rotatable bonds is 3. The molecule has 0 amide bonds. The van der Waals surface area contributed by atoms with Gasteiger partial charge in [0.25, 0.3) is 10.0 Å². The Kier molecular flexibility index (Phi) is 3.87. The predicted octanol–water partition coefficient (Wildman–Crippen LogP) is 3.88. The second-order valence-electron chi connectivity index (χ2n) is 3.50. The Morgan fingerprint density at radius 3 is 2.56 bits per heavy atom. The molecule has 0 fully saturated rings. The summed E-state index contributed by atoms with van der Waals surface area (Å²) >= 11 is 13.0. The second kappa shape index (κ2) is 5.09. The van der Waals surface area contributed by atoms with E-state index in [9.17, 15) is 8.42 Å². The third-order valence-corrected chi connectivity index (χ3v) is 6.06. The molecule has 0 aliphatic rings. The summed E-state index contributed by atoms with van der Waals surface area (Å²) in [6.45, 7) is 0. The summed E-state index contributed by atoms with van der Waals surface area (Å²) in [5.41, 5.74) is 0.359. The zero-order valence-electron chi connectivity index (χ0n) is 9.30. The number of sulfonamides is 1. The lowest BCUT2D eigenvalue weighted by molar-refractivity contribution is 0.596. The number of nitrogens with zero attached hydrogens (tertiary/aromatic N) is 1. The van der Waals surface area contributed by atoms with Gasteiger partial charge in [0.2, 0.25) is 0 Å². The van der Waals surface area contributed by atoms with Crippen molar-refractivity contribution in [1.29, 1.82) is 0 Å². The average molecular weight is 322 g/mol. The maximum atomic E-state index is 12.3. The first-order chi connectivity index (χ1) is 8.43. The molecule has 1 heterocycles. The van der Waals surface area contributed by atoms with E-state index in [1.54, 1.807) is 29.6 Å². The van der Waals surface area contributed by atoms with Crippen molar-refractivity contribution >= 4 is 50.2 Å². The minimum Gasteiger partial charge on any atom is -0.267 e. The van der Waals surface area contributed by atoms with Crippen LogP contribution in [0.25, 0.3) is 0 Å². The third kappa shape index (κ3) is 2.49. The number of anilines is 1. The molecule has 18 heavy (non-hydrogen) atoms. The van der Waals surface area contributed by atoms with Crippen LogP contribution in [0.2, 0.25) is 10.0 Å². The van der Waals surface area contributed by atoms with E-state index in [2.05, 4.69) is 0 Å². The number of halogens is 2. The molecule has 0 aliphatic heterocycles. The molecule has 0 spiro atoms. The van der Waals surface area contributed by atoms with Gasteiger partial charge in [0.15, 0.2) is 0 Å². The molecule has 2 aromatic rings. The van der Waals surface area contributed by atoms with Crippen molar-refractivity contribution in [3.05, 3.63) is 45.8 Å². The van der Waals surface area contributed by atoms with Gasteiger partial charge in [0, 0.05) is 12.1 Å². The minimum absolute atomic E-state index is 0.265. The van der Waals surface area contributed by atoms with Gasteiger partial charge < -0.3 is 0 Å². The summed E-state index contributed by atoms with van der Waals surface area (Å²) < 4.78 is 26.0. The molecule has 1 aromatic carbocycles. The Bertz CT molecular complexity index is 654. The molecule has 7 heteroatoms. The highest BCUT2D eigenvalue weighted by atomic mass is 35.5. The maximum Gasteiger partial charge on any atom is 0.273 e. The van der Waals surface area contributed by atoms with Gasteiger partial charge in [-0.3, -0.25) is 4.31 Å². The molecule has 0 aliphatic carbocycles. The fourth-order valence-electron chi connectivity index (χ4n) is 1.40. The van der Waals surface area contributed by atoms with E-state index in [1.165, 1.54) is 13.1 Å². The second-order valence-corrected chi connectivity index (χ2v) is 7.49. The van der Waals surface area contributed by atoms with Crippen LogP contribution in [0.3, 0.4) is 0 Å². The topological polar surface area (TPSA) is 37.4 Å². The van der Waals surface area contributed by atoms with Crippen LogP contribution >= 0.6 is 34.5 Å². The van der Waals surface area contributed by atoms with Gasteiger partial charge in [-0.05, 0) is 29.6 Å². The normalized spacial score (nSPS) is 11.5.